The maximum atomic E-state index is 10.9. The van der Waals surface area contributed by atoms with Gasteiger partial charge in [-0.1, -0.05) is 12.1 Å². The molecule has 17 heavy (non-hydrogen) atoms. The molecule has 6 nitrogen and oxygen atoms in total. The first-order valence-electron chi connectivity index (χ1n) is 4.55. The summed E-state index contributed by atoms with van der Waals surface area (Å²) in [5, 5.41) is 8.39. The molecule has 1 N–H and O–H groups in total. The molecule has 88 valence electrons. The molecule has 1 aromatic carbocycles. The van der Waals surface area contributed by atoms with Gasteiger partial charge >= 0.3 is 11.9 Å². The van der Waals surface area contributed by atoms with E-state index < -0.39 is 17.7 Å². The molecule has 0 aliphatic rings. The number of rotatable bonds is 5. The van der Waals surface area contributed by atoms with Gasteiger partial charge in [-0.3, -0.25) is 9.59 Å². The number of Topliss-reactive ketones (excluding diaryl/α,β-unsaturated/α-hetero) is 1. The molecule has 0 unspecified atom stereocenters. The van der Waals surface area contributed by atoms with Crippen LogP contribution < -0.4 is 4.74 Å². The second-order valence-electron chi connectivity index (χ2n) is 3.09. The second kappa shape index (κ2) is 5.55. The minimum atomic E-state index is -1.50. The minimum absolute atomic E-state index is 0.0296. The molecule has 0 saturated heterocycles. The summed E-state index contributed by atoms with van der Waals surface area (Å²) in [6, 6.07) is 5.61. The van der Waals surface area contributed by atoms with E-state index >= 15 is 0 Å². The Hall–Kier alpha value is -2.50. The van der Waals surface area contributed by atoms with Crippen LogP contribution in [0.2, 0.25) is 0 Å². The standard InChI is InChI=1S/C11H8O6/c12-6-10(14)17-8-3-1-7(2-4-8)5-9(13)11(15)16/h1-4,6H,5H2,(H,15,16). The van der Waals surface area contributed by atoms with Gasteiger partial charge in [-0.15, -0.1) is 0 Å². The Morgan fingerprint density at radius 2 is 1.76 bits per heavy atom. The fourth-order valence-electron chi connectivity index (χ4n) is 1.08. The molecule has 0 fully saturated rings. The van der Waals surface area contributed by atoms with Gasteiger partial charge in [-0.2, -0.15) is 0 Å². The van der Waals surface area contributed by atoms with Crippen molar-refractivity contribution in [2.45, 2.75) is 6.42 Å². The van der Waals surface area contributed by atoms with Gasteiger partial charge in [0.25, 0.3) is 0 Å². The number of carbonyl (C=O) groups excluding carboxylic acids is 3. The molecule has 0 heterocycles. The molecule has 1 aromatic rings. The molecule has 0 bridgehead atoms. The van der Waals surface area contributed by atoms with Crippen molar-refractivity contribution in [2.24, 2.45) is 0 Å². The van der Waals surface area contributed by atoms with E-state index in [2.05, 4.69) is 4.74 Å². The second-order valence-corrected chi connectivity index (χ2v) is 3.09. The van der Waals surface area contributed by atoms with Crippen LogP contribution in [-0.2, 0) is 25.6 Å². The number of ether oxygens (including phenoxy) is 1. The van der Waals surface area contributed by atoms with Crippen molar-refractivity contribution in [2.75, 3.05) is 0 Å². The zero-order valence-electron chi connectivity index (χ0n) is 8.58. The maximum absolute atomic E-state index is 10.9. The summed E-state index contributed by atoms with van der Waals surface area (Å²) in [4.78, 5) is 41.8. The number of hydrogen-bond acceptors (Lipinski definition) is 5. The zero-order valence-corrected chi connectivity index (χ0v) is 8.58. The molecule has 6 heteroatoms. The number of carbonyl (C=O) groups is 4. The Balaban J connectivity index is 2.68. The van der Waals surface area contributed by atoms with E-state index in [1.165, 1.54) is 24.3 Å². The summed E-state index contributed by atoms with van der Waals surface area (Å²) in [5.74, 6) is -3.31. The molecule has 1 rings (SSSR count). The summed E-state index contributed by atoms with van der Waals surface area (Å²) >= 11 is 0. The Labute approximate surface area is 95.8 Å². The number of esters is 1. The molecular formula is C11H8O6. The van der Waals surface area contributed by atoms with E-state index in [1.54, 1.807) is 0 Å². The van der Waals surface area contributed by atoms with Gasteiger partial charge in [-0.25, -0.2) is 9.59 Å². The van der Waals surface area contributed by atoms with Crippen molar-refractivity contribution in [1.29, 1.82) is 0 Å². The van der Waals surface area contributed by atoms with Gasteiger partial charge in [0.2, 0.25) is 12.1 Å². The van der Waals surface area contributed by atoms with Crippen LogP contribution in [0.4, 0.5) is 0 Å². The Kier molecular flexibility index (Phi) is 4.10. The normalized spacial score (nSPS) is 9.41. The highest BCUT2D eigenvalue weighted by molar-refractivity contribution is 6.33. The molecule has 0 saturated carbocycles. The van der Waals surface area contributed by atoms with E-state index in [4.69, 9.17) is 5.11 Å². The maximum Gasteiger partial charge on any atom is 0.376 e. The van der Waals surface area contributed by atoms with Gasteiger partial charge in [0.05, 0.1) is 0 Å². The van der Waals surface area contributed by atoms with E-state index in [0.717, 1.165) is 0 Å². The SMILES string of the molecule is O=CC(=O)Oc1ccc(CC(=O)C(=O)O)cc1. The lowest BCUT2D eigenvalue weighted by Gasteiger charge is -2.01. The van der Waals surface area contributed by atoms with E-state index in [-0.39, 0.29) is 18.5 Å². The average Bonchev–Trinajstić information content (AvgIpc) is 2.31. The number of ketones is 1. The average molecular weight is 236 g/mol. The first-order chi connectivity index (χ1) is 8.02. The number of hydrogen-bond donors (Lipinski definition) is 1. The zero-order chi connectivity index (χ0) is 12.8. The van der Waals surface area contributed by atoms with E-state index in [0.29, 0.717) is 5.56 Å². The lowest BCUT2D eigenvalue weighted by Crippen LogP contribution is -2.15. The van der Waals surface area contributed by atoms with Gasteiger partial charge in [0.1, 0.15) is 5.75 Å². The highest BCUT2D eigenvalue weighted by Crippen LogP contribution is 2.12. The summed E-state index contributed by atoms with van der Waals surface area (Å²) < 4.78 is 4.56. The molecule has 0 spiro atoms. The van der Waals surface area contributed by atoms with Gasteiger partial charge in [0, 0.05) is 6.42 Å². The number of aldehydes is 1. The Morgan fingerprint density at radius 1 is 1.18 bits per heavy atom. The van der Waals surface area contributed by atoms with Crippen molar-refractivity contribution in [1.82, 2.24) is 0 Å². The topological polar surface area (TPSA) is 97.7 Å². The molecule has 0 aliphatic carbocycles. The van der Waals surface area contributed by atoms with Crippen LogP contribution in [0.25, 0.3) is 0 Å². The van der Waals surface area contributed by atoms with Crippen molar-refractivity contribution < 1.29 is 29.0 Å². The third-order valence-corrected chi connectivity index (χ3v) is 1.84. The van der Waals surface area contributed by atoms with Crippen molar-refractivity contribution >= 4 is 24.0 Å². The van der Waals surface area contributed by atoms with E-state index in [9.17, 15) is 19.2 Å². The Morgan fingerprint density at radius 3 is 2.24 bits per heavy atom. The molecule has 0 aliphatic heterocycles. The quantitative estimate of drug-likeness (QED) is 0.334. The predicted molar refractivity (Wildman–Crippen MR) is 54.5 cm³/mol. The molecular weight excluding hydrogens is 228 g/mol. The minimum Gasteiger partial charge on any atom is -0.475 e. The monoisotopic (exact) mass is 236 g/mol. The number of benzene rings is 1. The largest absolute Gasteiger partial charge is 0.475 e. The van der Waals surface area contributed by atoms with Crippen LogP contribution >= 0.6 is 0 Å². The van der Waals surface area contributed by atoms with Crippen LogP contribution in [0, 0.1) is 0 Å². The molecule has 0 atom stereocenters. The van der Waals surface area contributed by atoms with Crippen LogP contribution in [0.15, 0.2) is 24.3 Å². The lowest BCUT2D eigenvalue weighted by molar-refractivity contribution is -0.148. The van der Waals surface area contributed by atoms with Gasteiger partial charge < -0.3 is 9.84 Å². The molecule has 0 radical (unpaired) electrons. The van der Waals surface area contributed by atoms with Crippen molar-refractivity contribution in [3.05, 3.63) is 29.8 Å². The smallest absolute Gasteiger partial charge is 0.376 e. The third-order valence-electron chi connectivity index (χ3n) is 1.84. The number of carboxylic acid groups (broad SMARTS) is 1. The van der Waals surface area contributed by atoms with Crippen molar-refractivity contribution in [3.8, 4) is 5.75 Å². The lowest BCUT2D eigenvalue weighted by atomic mass is 10.1. The first-order valence-corrected chi connectivity index (χ1v) is 4.55. The van der Waals surface area contributed by atoms with Crippen LogP contribution in [0.5, 0.6) is 5.75 Å². The fourth-order valence-corrected chi connectivity index (χ4v) is 1.08. The van der Waals surface area contributed by atoms with Crippen LogP contribution in [-0.4, -0.2) is 29.1 Å². The Bertz CT molecular complexity index is 459. The third kappa shape index (κ3) is 3.86. The van der Waals surface area contributed by atoms with Crippen LogP contribution in [0.3, 0.4) is 0 Å². The van der Waals surface area contributed by atoms with E-state index in [1.807, 2.05) is 0 Å². The van der Waals surface area contributed by atoms with Crippen molar-refractivity contribution in [3.63, 3.8) is 0 Å². The van der Waals surface area contributed by atoms with Crippen LogP contribution in [0.1, 0.15) is 5.56 Å². The number of carboxylic acids is 1. The first kappa shape index (κ1) is 12.6. The molecule has 0 amide bonds. The summed E-state index contributed by atoms with van der Waals surface area (Å²) in [5.41, 5.74) is 0.475. The van der Waals surface area contributed by atoms with Gasteiger partial charge in [0.15, 0.2) is 0 Å². The highest BCUT2D eigenvalue weighted by atomic mass is 16.5. The number of aliphatic carboxylic acids is 1. The summed E-state index contributed by atoms with van der Waals surface area (Å²) in [6.45, 7) is 0. The molecule has 0 aromatic heterocycles. The predicted octanol–water partition coefficient (Wildman–Crippen LogP) is -0.0129. The summed E-state index contributed by atoms with van der Waals surface area (Å²) in [7, 11) is 0. The van der Waals surface area contributed by atoms with Gasteiger partial charge in [-0.05, 0) is 17.7 Å². The fraction of sp³-hybridized carbons (Fsp3) is 0.0909. The summed E-state index contributed by atoms with van der Waals surface area (Å²) in [6.07, 6.45) is -0.209. The highest BCUT2D eigenvalue weighted by Gasteiger charge is 2.12.